The van der Waals surface area contributed by atoms with Gasteiger partial charge in [-0.3, -0.25) is 0 Å². The van der Waals surface area contributed by atoms with E-state index in [9.17, 15) is 4.79 Å². The van der Waals surface area contributed by atoms with Crippen LogP contribution in [0.15, 0.2) is 42.5 Å². The molecule has 2 rings (SSSR count). The Morgan fingerprint density at radius 3 is 2.19 bits per heavy atom. The van der Waals surface area contributed by atoms with Gasteiger partial charge in [0.2, 0.25) is 0 Å². The largest absolute Gasteiger partial charge is 0.465 e. The van der Waals surface area contributed by atoms with Crippen molar-refractivity contribution in [2.45, 2.75) is 71.1 Å². The van der Waals surface area contributed by atoms with E-state index in [0.717, 1.165) is 17.2 Å². The van der Waals surface area contributed by atoms with Gasteiger partial charge in [0.05, 0.1) is 12.7 Å². The van der Waals surface area contributed by atoms with Gasteiger partial charge < -0.3 is 4.74 Å². The first kappa shape index (κ1) is 21.2. The topological polar surface area (TPSA) is 26.3 Å². The maximum atomic E-state index is 11.6. The summed E-state index contributed by atoms with van der Waals surface area (Å²) in [4.78, 5) is 11.6. The number of fused-ring (bicyclic) bond motifs is 1. The van der Waals surface area contributed by atoms with Gasteiger partial charge in [-0.2, -0.15) is 0 Å². The lowest BCUT2D eigenvalue weighted by Crippen LogP contribution is -2.00. The van der Waals surface area contributed by atoms with Gasteiger partial charge >= 0.3 is 5.97 Å². The Bertz CT molecular complexity index is 730. The van der Waals surface area contributed by atoms with E-state index in [4.69, 9.17) is 4.74 Å². The van der Waals surface area contributed by atoms with Crippen molar-refractivity contribution < 1.29 is 9.53 Å². The molecule has 0 N–H and O–H groups in total. The molecular weight excluding hydrogens is 332 g/mol. The summed E-state index contributed by atoms with van der Waals surface area (Å²) in [5, 5.41) is 2.21. The monoisotopic (exact) mass is 366 g/mol. The number of carbonyl (C=O) groups excluding carboxylic acids is 1. The highest BCUT2D eigenvalue weighted by Crippen LogP contribution is 2.20. The van der Waals surface area contributed by atoms with E-state index in [1.54, 1.807) is 0 Å². The third kappa shape index (κ3) is 7.58. The lowest BCUT2D eigenvalue weighted by molar-refractivity contribution is 0.0601. The fraction of sp³-hybridized carbons (Fsp3) is 0.480. The number of unbranched alkanes of at least 4 members (excludes halogenated alkanes) is 9. The van der Waals surface area contributed by atoms with Crippen molar-refractivity contribution in [3.8, 4) is 0 Å². The molecule has 0 aliphatic carbocycles. The van der Waals surface area contributed by atoms with Crippen LogP contribution in [0.1, 0.15) is 87.1 Å². The Hall–Kier alpha value is -2.09. The summed E-state index contributed by atoms with van der Waals surface area (Å²) in [6.07, 6.45) is 18.0. The summed E-state index contributed by atoms with van der Waals surface area (Å²) in [5.74, 6) is -0.290. The Balaban J connectivity index is 1.70. The first-order valence-electron chi connectivity index (χ1n) is 10.5. The average Bonchev–Trinajstić information content (AvgIpc) is 2.71. The van der Waals surface area contributed by atoms with Gasteiger partial charge in [0.25, 0.3) is 0 Å². The summed E-state index contributed by atoms with van der Waals surface area (Å²) in [5.41, 5.74) is 1.81. The molecule has 0 saturated carbocycles. The number of rotatable bonds is 12. The molecule has 2 heteroatoms. The third-order valence-corrected chi connectivity index (χ3v) is 5.07. The van der Waals surface area contributed by atoms with Crippen LogP contribution in [0.5, 0.6) is 0 Å². The van der Waals surface area contributed by atoms with E-state index >= 15 is 0 Å². The van der Waals surface area contributed by atoms with E-state index < -0.39 is 0 Å². The Morgan fingerprint density at radius 2 is 1.48 bits per heavy atom. The fourth-order valence-corrected chi connectivity index (χ4v) is 3.40. The van der Waals surface area contributed by atoms with Crippen LogP contribution >= 0.6 is 0 Å². The van der Waals surface area contributed by atoms with Crippen LogP contribution in [0.4, 0.5) is 0 Å². The Kier molecular flexibility index (Phi) is 9.68. The minimum Gasteiger partial charge on any atom is -0.465 e. The van der Waals surface area contributed by atoms with Crippen LogP contribution < -0.4 is 0 Å². The van der Waals surface area contributed by atoms with Crippen LogP contribution in [-0.2, 0) is 4.74 Å². The molecule has 0 saturated heterocycles. The molecule has 0 spiro atoms. The molecule has 0 aliphatic heterocycles. The molecule has 2 aromatic rings. The number of allylic oxidation sites excluding steroid dienone is 1. The number of hydrogen-bond acceptors (Lipinski definition) is 2. The van der Waals surface area contributed by atoms with Gasteiger partial charge in [0.1, 0.15) is 0 Å². The maximum absolute atomic E-state index is 11.6. The number of hydrogen-bond donors (Lipinski definition) is 0. The molecule has 0 radical (unpaired) electrons. The summed E-state index contributed by atoms with van der Waals surface area (Å²) in [6, 6.07) is 12.0. The van der Waals surface area contributed by atoms with Gasteiger partial charge in [-0.15, -0.1) is 0 Å². The second kappa shape index (κ2) is 12.3. The van der Waals surface area contributed by atoms with E-state index in [-0.39, 0.29) is 5.97 Å². The van der Waals surface area contributed by atoms with E-state index in [0.29, 0.717) is 5.56 Å². The summed E-state index contributed by atoms with van der Waals surface area (Å²) >= 11 is 0. The third-order valence-electron chi connectivity index (χ3n) is 5.07. The molecule has 146 valence electrons. The van der Waals surface area contributed by atoms with Crippen molar-refractivity contribution >= 4 is 22.8 Å². The average molecular weight is 367 g/mol. The summed E-state index contributed by atoms with van der Waals surface area (Å²) < 4.78 is 4.78. The molecule has 2 aromatic carbocycles. The predicted molar refractivity (Wildman–Crippen MR) is 116 cm³/mol. The van der Waals surface area contributed by atoms with Gasteiger partial charge in [0, 0.05) is 0 Å². The zero-order valence-corrected chi connectivity index (χ0v) is 17.0. The molecule has 2 nitrogen and oxygen atoms in total. The lowest BCUT2D eigenvalue weighted by atomic mass is 10.0. The summed E-state index contributed by atoms with van der Waals surface area (Å²) in [7, 11) is 1.41. The Morgan fingerprint density at radius 1 is 0.852 bits per heavy atom. The first-order valence-corrected chi connectivity index (χ1v) is 10.5. The highest BCUT2D eigenvalue weighted by atomic mass is 16.5. The highest BCUT2D eigenvalue weighted by molar-refractivity contribution is 5.95. The second-order valence-electron chi connectivity index (χ2n) is 7.33. The van der Waals surface area contributed by atoms with Crippen LogP contribution in [0.3, 0.4) is 0 Å². The van der Waals surface area contributed by atoms with Crippen molar-refractivity contribution in [2.24, 2.45) is 0 Å². The number of methoxy groups -OCH3 is 1. The molecule has 0 aliphatic rings. The zero-order valence-electron chi connectivity index (χ0n) is 17.0. The first-order chi connectivity index (χ1) is 13.2. The maximum Gasteiger partial charge on any atom is 0.337 e. The van der Waals surface area contributed by atoms with Crippen molar-refractivity contribution in [1.82, 2.24) is 0 Å². The van der Waals surface area contributed by atoms with Gasteiger partial charge in [0.15, 0.2) is 0 Å². The van der Waals surface area contributed by atoms with Gasteiger partial charge in [-0.1, -0.05) is 88.6 Å². The van der Waals surface area contributed by atoms with Crippen LogP contribution in [0, 0.1) is 0 Å². The van der Waals surface area contributed by atoms with Crippen LogP contribution in [0.25, 0.3) is 16.8 Å². The molecule has 27 heavy (non-hydrogen) atoms. The molecule has 0 amide bonds. The normalized spacial score (nSPS) is 11.3. The van der Waals surface area contributed by atoms with Crippen LogP contribution in [0.2, 0.25) is 0 Å². The minimum atomic E-state index is -0.290. The summed E-state index contributed by atoms with van der Waals surface area (Å²) in [6.45, 7) is 2.27. The number of benzene rings is 2. The Labute approximate surface area is 164 Å². The van der Waals surface area contributed by atoms with Crippen molar-refractivity contribution in [3.63, 3.8) is 0 Å². The highest BCUT2D eigenvalue weighted by Gasteiger charge is 2.05. The SMILES string of the molecule is CCCCCCCCCCCC=Cc1ccc2cc(C(=O)OC)ccc2c1. The standard InChI is InChI=1S/C25H34O2/c1-3-4-5-6-7-8-9-10-11-12-13-14-21-15-16-23-20-24(25(26)27-2)18-17-22(23)19-21/h13-20H,3-12H2,1-2H3. The lowest BCUT2D eigenvalue weighted by Gasteiger charge is -2.03. The van der Waals surface area contributed by atoms with Crippen LogP contribution in [-0.4, -0.2) is 13.1 Å². The zero-order chi connectivity index (χ0) is 19.3. The molecule has 0 bridgehead atoms. The van der Waals surface area contributed by atoms with Gasteiger partial charge in [-0.05, 0) is 47.4 Å². The van der Waals surface area contributed by atoms with Crippen molar-refractivity contribution in [3.05, 3.63) is 53.6 Å². The predicted octanol–water partition coefficient (Wildman–Crippen LogP) is 7.56. The quantitative estimate of drug-likeness (QED) is 0.286. The second-order valence-corrected chi connectivity index (χ2v) is 7.33. The number of carbonyl (C=O) groups is 1. The molecule has 0 heterocycles. The van der Waals surface area contributed by atoms with Crippen molar-refractivity contribution in [2.75, 3.05) is 7.11 Å². The minimum absolute atomic E-state index is 0.290. The van der Waals surface area contributed by atoms with Gasteiger partial charge in [-0.25, -0.2) is 4.79 Å². The molecule has 0 atom stereocenters. The molecule has 0 fully saturated rings. The van der Waals surface area contributed by atoms with E-state index in [1.807, 2.05) is 18.2 Å². The van der Waals surface area contributed by atoms with Crippen molar-refractivity contribution in [1.29, 1.82) is 0 Å². The fourth-order valence-electron chi connectivity index (χ4n) is 3.40. The molecule has 0 aromatic heterocycles. The van der Waals surface area contributed by atoms with E-state index in [2.05, 4.69) is 37.3 Å². The van der Waals surface area contributed by atoms with E-state index in [1.165, 1.54) is 70.5 Å². The molecule has 0 unspecified atom stereocenters. The smallest absolute Gasteiger partial charge is 0.337 e. The number of esters is 1. The molecular formula is C25H34O2. The number of ether oxygens (including phenoxy) is 1.